The first kappa shape index (κ1) is 24.0. The van der Waals surface area contributed by atoms with Crippen LogP contribution in [-0.2, 0) is 16.1 Å². The number of esters is 1. The highest BCUT2D eigenvalue weighted by Gasteiger charge is 2.30. The lowest BCUT2D eigenvalue weighted by Crippen LogP contribution is -2.30. The standard InChI is InChI=1S/C22H37N3O3/c1-7-25(24)13-19(23)10-11-20(16(3)21(27)28-22(4,5)6)17-9-8-15(2)18(12-17)14-26/h8-9,12-13,16,20,26H,7,10-11,14,23-24H2,1-6H3/b19-13-. The molecule has 1 rings (SSSR count). The number of benzene rings is 1. The van der Waals surface area contributed by atoms with Gasteiger partial charge in [0.1, 0.15) is 5.60 Å². The Morgan fingerprint density at radius 2 is 2.00 bits per heavy atom. The molecule has 6 heteroatoms. The van der Waals surface area contributed by atoms with Crippen LogP contribution in [0.1, 0.15) is 70.1 Å². The summed E-state index contributed by atoms with van der Waals surface area (Å²) in [6, 6.07) is 5.97. The number of aryl methyl sites for hydroxylation is 1. The van der Waals surface area contributed by atoms with E-state index in [1.54, 1.807) is 6.20 Å². The summed E-state index contributed by atoms with van der Waals surface area (Å²) in [4.78, 5) is 12.7. The van der Waals surface area contributed by atoms with Gasteiger partial charge >= 0.3 is 5.97 Å². The van der Waals surface area contributed by atoms with E-state index in [0.29, 0.717) is 25.1 Å². The number of rotatable bonds is 9. The molecule has 0 heterocycles. The Balaban J connectivity index is 3.12. The van der Waals surface area contributed by atoms with Crippen LogP contribution in [0, 0.1) is 12.8 Å². The maximum absolute atomic E-state index is 12.7. The van der Waals surface area contributed by atoms with Crippen molar-refractivity contribution >= 4 is 5.97 Å². The van der Waals surface area contributed by atoms with Gasteiger partial charge in [0, 0.05) is 18.4 Å². The second-order valence-electron chi connectivity index (χ2n) is 8.35. The van der Waals surface area contributed by atoms with E-state index in [9.17, 15) is 9.90 Å². The summed E-state index contributed by atoms with van der Waals surface area (Å²) < 4.78 is 5.61. The van der Waals surface area contributed by atoms with E-state index in [-0.39, 0.29) is 24.4 Å². The van der Waals surface area contributed by atoms with Crippen molar-refractivity contribution in [1.29, 1.82) is 0 Å². The van der Waals surface area contributed by atoms with Gasteiger partial charge in [-0.2, -0.15) is 0 Å². The van der Waals surface area contributed by atoms with Gasteiger partial charge in [-0.25, -0.2) is 5.84 Å². The molecule has 158 valence electrons. The highest BCUT2D eigenvalue weighted by Crippen LogP contribution is 2.33. The lowest BCUT2D eigenvalue weighted by molar-refractivity contribution is -0.160. The average Bonchev–Trinajstić information content (AvgIpc) is 2.61. The number of carbonyl (C=O) groups is 1. The van der Waals surface area contributed by atoms with E-state index >= 15 is 0 Å². The lowest BCUT2D eigenvalue weighted by Gasteiger charge is -2.28. The fourth-order valence-electron chi connectivity index (χ4n) is 3.05. The quantitative estimate of drug-likeness (QED) is 0.339. The predicted molar refractivity (Wildman–Crippen MR) is 113 cm³/mol. The van der Waals surface area contributed by atoms with Gasteiger partial charge in [-0.05, 0) is 70.1 Å². The molecule has 0 fully saturated rings. The number of carbonyl (C=O) groups excluding carboxylic acids is 1. The van der Waals surface area contributed by atoms with Crippen LogP contribution in [0.25, 0.3) is 0 Å². The summed E-state index contributed by atoms with van der Waals surface area (Å²) in [5, 5.41) is 11.2. The Hall–Kier alpha value is -2.05. The molecule has 5 N–H and O–H groups in total. The number of aliphatic hydroxyl groups excluding tert-OH is 1. The van der Waals surface area contributed by atoms with Crippen molar-refractivity contribution in [3.63, 3.8) is 0 Å². The maximum Gasteiger partial charge on any atom is 0.309 e. The summed E-state index contributed by atoms with van der Waals surface area (Å²) in [6.07, 6.45) is 3.01. The van der Waals surface area contributed by atoms with Crippen LogP contribution >= 0.6 is 0 Å². The van der Waals surface area contributed by atoms with Crippen molar-refractivity contribution < 1.29 is 14.6 Å². The van der Waals surface area contributed by atoms with Crippen molar-refractivity contribution in [2.75, 3.05) is 6.54 Å². The van der Waals surface area contributed by atoms with E-state index in [4.69, 9.17) is 16.3 Å². The molecule has 2 atom stereocenters. The highest BCUT2D eigenvalue weighted by molar-refractivity contribution is 5.73. The first-order valence-corrected chi connectivity index (χ1v) is 9.89. The Bertz CT molecular complexity index is 680. The normalized spacial score (nSPS) is 14.5. The first-order chi connectivity index (χ1) is 13.0. The molecular formula is C22H37N3O3. The summed E-state index contributed by atoms with van der Waals surface area (Å²) >= 11 is 0. The smallest absolute Gasteiger partial charge is 0.309 e. The second kappa shape index (κ2) is 10.5. The molecule has 2 unspecified atom stereocenters. The molecule has 1 aromatic rings. The van der Waals surface area contributed by atoms with Crippen LogP contribution in [0.2, 0.25) is 0 Å². The molecule has 0 spiro atoms. The zero-order valence-electron chi connectivity index (χ0n) is 18.2. The minimum atomic E-state index is -0.542. The molecule has 0 aromatic heterocycles. The lowest BCUT2D eigenvalue weighted by atomic mass is 9.82. The maximum atomic E-state index is 12.7. The van der Waals surface area contributed by atoms with Crippen molar-refractivity contribution in [3.8, 4) is 0 Å². The van der Waals surface area contributed by atoms with Gasteiger partial charge < -0.3 is 20.6 Å². The fraction of sp³-hybridized carbons (Fsp3) is 0.591. The van der Waals surface area contributed by atoms with Gasteiger partial charge in [0.2, 0.25) is 0 Å². The first-order valence-electron chi connectivity index (χ1n) is 9.89. The average molecular weight is 392 g/mol. The monoisotopic (exact) mass is 391 g/mol. The third-order valence-electron chi connectivity index (χ3n) is 4.79. The molecule has 28 heavy (non-hydrogen) atoms. The Morgan fingerprint density at radius 1 is 1.36 bits per heavy atom. The number of hydrogen-bond acceptors (Lipinski definition) is 6. The van der Waals surface area contributed by atoms with Gasteiger partial charge in [-0.15, -0.1) is 0 Å². The van der Waals surface area contributed by atoms with Crippen LogP contribution in [0.5, 0.6) is 0 Å². The van der Waals surface area contributed by atoms with Gasteiger partial charge in [-0.3, -0.25) is 4.79 Å². The zero-order valence-corrected chi connectivity index (χ0v) is 18.2. The minimum absolute atomic E-state index is 0.0338. The predicted octanol–water partition coefficient (Wildman–Crippen LogP) is 3.32. The Morgan fingerprint density at radius 3 is 2.54 bits per heavy atom. The van der Waals surface area contributed by atoms with Crippen molar-refractivity contribution in [2.45, 2.75) is 72.5 Å². The second-order valence-corrected chi connectivity index (χ2v) is 8.35. The minimum Gasteiger partial charge on any atom is -0.460 e. The summed E-state index contributed by atoms with van der Waals surface area (Å²) in [5.74, 6) is 5.13. The van der Waals surface area contributed by atoms with E-state index in [1.165, 1.54) is 5.01 Å². The molecule has 0 radical (unpaired) electrons. The number of hydrazine groups is 1. The number of nitrogens with zero attached hydrogens (tertiary/aromatic N) is 1. The third kappa shape index (κ3) is 7.52. The highest BCUT2D eigenvalue weighted by atomic mass is 16.6. The van der Waals surface area contributed by atoms with E-state index in [1.807, 2.05) is 59.7 Å². The van der Waals surface area contributed by atoms with Crippen molar-refractivity contribution in [1.82, 2.24) is 5.01 Å². The van der Waals surface area contributed by atoms with Crippen LogP contribution in [0.3, 0.4) is 0 Å². The van der Waals surface area contributed by atoms with E-state index in [2.05, 4.69) is 0 Å². The van der Waals surface area contributed by atoms with Crippen LogP contribution in [0.15, 0.2) is 30.1 Å². The van der Waals surface area contributed by atoms with E-state index < -0.39 is 5.60 Å². The van der Waals surface area contributed by atoms with E-state index in [0.717, 1.165) is 16.7 Å². The van der Waals surface area contributed by atoms with Crippen molar-refractivity contribution in [3.05, 3.63) is 46.8 Å². The topological polar surface area (TPSA) is 102 Å². The molecular weight excluding hydrogens is 354 g/mol. The van der Waals surface area contributed by atoms with Gasteiger partial charge in [0.25, 0.3) is 0 Å². The van der Waals surface area contributed by atoms with Gasteiger partial charge in [0.15, 0.2) is 0 Å². The fourth-order valence-corrected chi connectivity index (χ4v) is 3.05. The summed E-state index contributed by atoms with van der Waals surface area (Å²) in [5.41, 5.74) is 9.13. The van der Waals surface area contributed by atoms with Gasteiger partial charge in [-0.1, -0.05) is 25.1 Å². The largest absolute Gasteiger partial charge is 0.460 e. The molecule has 0 bridgehead atoms. The van der Waals surface area contributed by atoms with Crippen molar-refractivity contribution in [2.24, 2.45) is 17.5 Å². The number of hydrogen-bond donors (Lipinski definition) is 3. The number of nitrogens with two attached hydrogens (primary N) is 2. The Labute approximate surface area is 169 Å². The molecule has 0 amide bonds. The van der Waals surface area contributed by atoms with Crippen LogP contribution in [-0.4, -0.2) is 28.2 Å². The molecule has 0 aliphatic heterocycles. The SMILES string of the molecule is CCN(N)/C=C(\N)CCC(c1ccc(C)c(CO)c1)C(C)C(=O)OC(C)(C)C. The number of aliphatic hydroxyl groups is 1. The third-order valence-corrected chi connectivity index (χ3v) is 4.79. The van der Waals surface area contributed by atoms with Crippen LogP contribution < -0.4 is 11.6 Å². The van der Waals surface area contributed by atoms with Gasteiger partial charge in [0.05, 0.1) is 12.5 Å². The van der Waals surface area contributed by atoms with Crippen LogP contribution in [0.4, 0.5) is 0 Å². The summed E-state index contributed by atoms with van der Waals surface area (Å²) in [6.45, 7) is 12.0. The Kier molecular flexibility index (Phi) is 8.98. The molecule has 0 aliphatic carbocycles. The molecule has 6 nitrogen and oxygen atoms in total. The number of allylic oxidation sites excluding steroid dienone is 1. The molecule has 0 aliphatic rings. The number of ether oxygens (including phenoxy) is 1. The molecule has 1 aromatic carbocycles. The molecule has 0 saturated carbocycles. The summed E-state index contributed by atoms with van der Waals surface area (Å²) in [7, 11) is 0. The zero-order chi connectivity index (χ0) is 21.5. The molecule has 0 saturated heterocycles.